The Morgan fingerprint density at radius 1 is 1.21 bits per heavy atom. The van der Waals surface area contributed by atoms with Gasteiger partial charge < -0.3 is 10.8 Å². The summed E-state index contributed by atoms with van der Waals surface area (Å²) in [7, 11) is 0. The number of benzene rings is 1. The SMILES string of the molecule is CCc1cc(C(N)CC(C)C)c(O)c(C(C)(C)C)c1. The number of hydrogen-bond acceptors (Lipinski definition) is 2. The first-order valence-corrected chi connectivity index (χ1v) is 7.28. The van der Waals surface area contributed by atoms with E-state index in [-0.39, 0.29) is 11.5 Å². The number of phenols is 1. The third kappa shape index (κ3) is 3.97. The van der Waals surface area contributed by atoms with E-state index >= 15 is 0 Å². The number of nitrogens with two attached hydrogens (primary N) is 1. The fourth-order valence-electron chi connectivity index (χ4n) is 2.41. The van der Waals surface area contributed by atoms with Gasteiger partial charge >= 0.3 is 0 Å². The van der Waals surface area contributed by atoms with E-state index < -0.39 is 0 Å². The molecule has 0 fully saturated rings. The standard InChI is InChI=1S/C17H29NO/c1-7-12-9-13(15(18)8-11(2)3)16(19)14(10-12)17(4,5)6/h9-11,15,19H,7-8,18H2,1-6H3. The first-order valence-electron chi connectivity index (χ1n) is 7.28. The second-order valence-electron chi connectivity index (χ2n) is 6.92. The highest BCUT2D eigenvalue weighted by atomic mass is 16.3. The molecule has 0 aliphatic heterocycles. The minimum absolute atomic E-state index is 0.0679. The Kier molecular flexibility index (Phi) is 5.03. The molecule has 19 heavy (non-hydrogen) atoms. The van der Waals surface area contributed by atoms with Crippen LogP contribution in [0.4, 0.5) is 0 Å². The van der Waals surface area contributed by atoms with Crippen molar-refractivity contribution in [2.45, 2.75) is 65.8 Å². The second-order valence-corrected chi connectivity index (χ2v) is 6.92. The molecule has 1 rings (SSSR count). The third-order valence-corrected chi connectivity index (χ3v) is 3.54. The van der Waals surface area contributed by atoms with Gasteiger partial charge in [-0.05, 0) is 35.3 Å². The molecule has 3 N–H and O–H groups in total. The average molecular weight is 263 g/mol. The van der Waals surface area contributed by atoms with Gasteiger partial charge in [0, 0.05) is 11.6 Å². The number of aryl methyl sites for hydroxylation is 1. The van der Waals surface area contributed by atoms with Crippen molar-refractivity contribution in [3.63, 3.8) is 0 Å². The molecule has 1 aromatic rings. The van der Waals surface area contributed by atoms with Crippen LogP contribution in [-0.2, 0) is 11.8 Å². The molecule has 0 aliphatic rings. The molecule has 0 heterocycles. The topological polar surface area (TPSA) is 46.2 Å². The normalized spacial score (nSPS) is 13.9. The molecule has 2 heteroatoms. The maximum atomic E-state index is 10.5. The number of phenolic OH excluding ortho intramolecular Hbond substituents is 1. The molecule has 1 atom stereocenters. The summed E-state index contributed by atoms with van der Waals surface area (Å²) < 4.78 is 0. The van der Waals surface area contributed by atoms with Crippen LogP contribution in [0.3, 0.4) is 0 Å². The lowest BCUT2D eigenvalue weighted by Gasteiger charge is -2.25. The van der Waals surface area contributed by atoms with E-state index in [1.54, 1.807) is 0 Å². The number of rotatable bonds is 4. The fraction of sp³-hybridized carbons (Fsp3) is 0.647. The van der Waals surface area contributed by atoms with Gasteiger partial charge in [-0.1, -0.05) is 53.7 Å². The quantitative estimate of drug-likeness (QED) is 0.851. The molecule has 2 nitrogen and oxygen atoms in total. The minimum atomic E-state index is -0.0902. The lowest BCUT2D eigenvalue weighted by atomic mass is 9.82. The van der Waals surface area contributed by atoms with E-state index in [2.05, 4.69) is 53.7 Å². The van der Waals surface area contributed by atoms with Crippen LogP contribution in [0, 0.1) is 5.92 Å². The zero-order valence-electron chi connectivity index (χ0n) is 13.2. The van der Waals surface area contributed by atoms with Crippen molar-refractivity contribution < 1.29 is 5.11 Å². The molecular formula is C17H29NO. The van der Waals surface area contributed by atoms with E-state index in [1.165, 1.54) is 5.56 Å². The highest BCUT2D eigenvalue weighted by molar-refractivity contribution is 5.48. The van der Waals surface area contributed by atoms with Gasteiger partial charge in [0.2, 0.25) is 0 Å². The summed E-state index contributed by atoms with van der Waals surface area (Å²) in [6.45, 7) is 12.8. The van der Waals surface area contributed by atoms with Gasteiger partial charge in [-0.3, -0.25) is 0 Å². The van der Waals surface area contributed by atoms with E-state index in [1.807, 2.05) is 0 Å². The van der Waals surface area contributed by atoms with Crippen LogP contribution in [-0.4, -0.2) is 5.11 Å². The second kappa shape index (κ2) is 5.96. The van der Waals surface area contributed by atoms with Crippen molar-refractivity contribution >= 4 is 0 Å². The number of aromatic hydroxyl groups is 1. The lowest BCUT2D eigenvalue weighted by molar-refractivity contribution is 0.424. The summed E-state index contributed by atoms with van der Waals surface area (Å²) in [4.78, 5) is 0. The molecule has 1 unspecified atom stereocenters. The lowest BCUT2D eigenvalue weighted by Crippen LogP contribution is -2.17. The summed E-state index contributed by atoms with van der Waals surface area (Å²) in [5, 5.41) is 10.5. The largest absolute Gasteiger partial charge is 0.507 e. The van der Waals surface area contributed by atoms with Crippen molar-refractivity contribution in [1.82, 2.24) is 0 Å². The van der Waals surface area contributed by atoms with Crippen molar-refractivity contribution in [1.29, 1.82) is 0 Å². The van der Waals surface area contributed by atoms with Gasteiger partial charge in [0.25, 0.3) is 0 Å². The van der Waals surface area contributed by atoms with Gasteiger partial charge in [-0.2, -0.15) is 0 Å². The van der Waals surface area contributed by atoms with Gasteiger partial charge in [0.1, 0.15) is 5.75 Å². The predicted molar refractivity (Wildman–Crippen MR) is 82.6 cm³/mol. The van der Waals surface area contributed by atoms with Crippen molar-refractivity contribution in [2.75, 3.05) is 0 Å². The molecule has 0 aliphatic carbocycles. The Morgan fingerprint density at radius 3 is 2.21 bits per heavy atom. The van der Waals surface area contributed by atoms with E-state index in [9.17, 15) is 5.11 Å². The zero-order valence-corrected chi connectivity index (χ0v) is 13.2. The van der Waals surface area contributed by atoms with E-state index in [0.717, 1.165) is 24.0 Å². The first kappa shape index (κ1) is 16.0. The van der Waals surface area contributed by atoms with Crippen LogP contribution in [0.15, 0.2) is 12.1 Å². The van der Waals surface area contributed by atoms with Crippen LogP contribution in [0.1, 0.15) is 70.7 Å². The van der Waals surface area contributed by atoms with Gasteiger partial charge in [0.05, 0.1) is 0 Å². The fourth-order valence-corrected chi connectivity index (χ4v) is 2.41. The summed E-state index contributed by atoms with van der Waals surface area (Å²) in [5.41, 5.74) is 9.35. The Hall–Kier alpha value is -1.02. The molecule has 0 radical (unpaired) electrons. The summed E-state index contributed by atoms with van der Waals surface area (Å²) >= 11 is 0. The molecule has 0 spiro atoms. The Labute approximate surface area is 118 Å². The van der Waals surface area contributed by atoms with Crippen molar-refractivity contribution in [3.8, 4) is 5.75 Å². The predicted octanol–water partition coefficient (Wildman–Crippen LogP) is 4.30. The average Bonchev–Trinajstić information content (AvgIpc) is 2.26. The molecule has 1 aromatic carbocycles. The van der Waals surface area contributed by atoms with Gasteiger partial charge in [0.15, 0.2) is 0 Å². The zero-order chi connectivity index (χ0) is 14.8. The van der Waals surface area contributed by atoms with E-state index in [0.29, 0.717) is 11.7 Å². The van der Waals surface area contributed by atoms with Crippen molar-refractivity contribution in [3.05, 3.63) is 28.8 Å². The maximum absolute atomic E-state index is 10.5. The highest BCUT2D eigenvalue weighted by Crippen LogP contribution is 2.38. The smallest absolute Gasteiger partial charge is 0.124 e. The maximum Gasteiger partial charge on any atom is 0.124 e. The van der Waals surface area contributed by atoms with Crippen LogP contribution < -0.4 is 5.73 Å². The molecular weight excluding hydrogens is 234 g/mol. The molecule has 108 valence electrons. The Bertz CT molecular complexity index is 430. The number of hydrogen-bond donors (Lipinski definition) is 2. The van der Waals surface area contributed by atoms with Crippen molar-refractivity contribution in [2.24, 2.45) is 11.7 Å². The summed E-state index contributed by atoms with van der Waals surface area (Å²) in [6, 6.07) is 4.09. The molecule has 0 amide bonds. The first-order chi connectivity index (χ1) is 8.66. The minimum Gasteiger partial charge on any atom is -0.507 e. The Morgan fingerprint density at radius 2 is 1.79 bits per heavy atom. The van der Waals surface area contributed by atoms with Crippen LogP contribution >= 0.6 is 0 Å². The van der Waals surface area contributed by atoms with Crippen LogP contribution in [0.25, 0.3) is 0 Å². The molecule has 0 bridgehead atoms. The molecule has 0 saturated heterocycles. The van der Waals surface area contributed by atoms with Gasteiger partial charge in [-0.25, -0.2) is 0 Å². The third-order valence-electron chi connectivity index (χ3n) is 3.54. The highest BCUT2D eigenvalue weighted by Gasteiger charge is 2.23. The van der Waals surface area contributed by atoms with E-state index in [4.69, 9.17) is 5.73 Å². The summed E-state index contributed by atoms with van der Waals surface area (Å²) in [6.07, 6.45) is 1.86. The Balaban J connectivity index is 3.31. The summed E-state index contributed by atoms with van der Waals surface area (Å²) in [5.74, 6) is 0.913. The monoisotopic (exact) mass is 263 g/mol. The molecule has 0 aromatic heterocycles. The molecule has 0 saturated carbocycles. The van der Waals surface area contributed by atoms with Crippen LogP contribution in [0.5, 0.6) is 5.75 Å². The van der Waals surface area contributed by atoms with Crippen LogP contribution in [0.2, 0.25) is 0 Å². The van der Waals surface area contributed by atoms with Gasteiger partial charge in [-0.15, -0.1) is 0 Å².